The molecular weight excluding hydrogens is 587 g/mol. The van der Waals surface area contributed by atoms with Gasteiger partial charge in [0, 0.05) is 49.9 Å². The third-order valence-corrected chi connectivity index (χ3v) is 9.13. The maximum atomic E-state index is 13.5. The van der Waals surface area contributed by atoms with Crippen LogP contribution in [0.4, 0.5) is 5.69 Å². The van der Waals surface area contributed by atoms with Crippen molar-refractivity contribution in [3.05, 3.63) is 86.6 Å². The van der Waals surface area contributed by atoms with Gasteiger partial charge in [0.15, 0.2) is 0 Å². The summed E-state index contributed by atoms with van der Waals surface area (Å²) in [5, 5.41) is 0.0888. The topological polar surface area (TPSA) is 73.8 Å². The van der Waals surface area contributed by atoms with E-state index in [-0.39, 0.29) is 33.0 Å². The Morgan fingerprint density at radius 1 is 1.03 bits per heavy atom. The number of sulfonamides is 1. The molecule has 0 unspecified atom stereocenters. The van der Waals surface area contributed by atoms with Crippen molar-refractivity contribution in [2.45, 2.75) is 18.4 Å². The third kappa shape index (κ3) is 5.86. The Balaban J connectivity index is 1.53. The van der Waals surface area contributed by atoms with Crippen LogP contribution >= 0.6 is 39.1 Å². The van der Waals surface area contributed by atoms with Crippen molar-refractivity contribution in [2.75, 3.05) is 37.0 Å². The average molecular weight is 612 g/mol. The van der Waals surface area contributed by atoms with Gasteiger partial charge in [-0.15, -0.1) is 0 Å². The van der Waals surface area contributed by atoms with Gasteiger partial charge in [-0.2, -0.15) is 0 Å². The molecule has 1 amide bonds. The second-order valence-electron chi connectivity index (χ2n) is 8.30. The lowest BCUT2D eigenvalue weighted by molar-refractivity contribution is 0.0627. The van der Waals surface area contributed by atoms with Gasteiger partial charge in [-0.3, -0.25) is 19.0 Å². The van der Waals surface area contributed by atoms with Crippen molar-refractivity contribution in [3.8, 4) is 0 Å². The SMILES string of the molecule is CCN(c1ccccc1)S(=O)(=O)c1cc(C(=O)N2CCN(Cc3ccc(Br)cn3)CC2)c(Cl)cc1Cl. The minimum absolute atomic E-state index is 0.0299. The molecule has 2 heterocycles. The molecule has 0 radical (unpaired) electrons. The number of benzene rings is 2. The van der Waals surface area contributed by atoms with Crippen LogP contribution in [0.15, 0.2) is 70.2 Å². The molecule has 1 aromatic heterocycles. The van der Waals surface area contributed by atoms with Crippen LogP contribution in [0.3, 0.4) is 0 Å². The van der Waals surface area contributed by atoms with E-state index in [4.69, 9.17) is 23.2 Å². The van der Waals surface area contributed by atoms with Gasteiger partial charge in [-0.1, -0.05) is 41.4 Å². The van der Waals surface area contributed by atoms with E-state index in [9.17, 15) is 13.2 Å². The smallest absolute Gasteiger partial charge is 0.265 e. The molecule has 0 bridgehead atoms. The van der Waals surface area contributed by atoms with Crippen LogP contribution in [0.2, 0.25) is 10.0 Å². The Bertz CT molecular complexity index is 1330. The summed E-state index contributed by atoms with van der Waals surface area (Å²) in [7, 11) is -4.03. The monoisotopic (exact) mass is 610 g/mol. The van der Waals surface area contributed by atoms with Crippen molar-refractivity contribution >= 4 is 60.7 Å². The molecule has 2 aromatic carbocycles. The summed E-state index contributed by atoms with van der Waals surface area (Å²) in [5.74, 6) is -0.322. The summed E-state index contributed by atoms with van der Waals surface area (Å²) < 4.78 is 29.3. The fraction of sp³-hybridized carbons (Fsp3) is 0.280. The third-order valence-electron chi connectivity index (χ3n) is 5.99. The second kappa shape index (κ2) is 11.5. The van der Waals surface area contributed by atoms with Crippen LogP contribution in [0.5, 0.6) is 0 Å². The molecule has 0 atom stereocenters. The van der Waals surface area contributed by atoms with Crippen LogP contribution in [-0.2, 0) is 16.6 Å². The van der Waals surface area contributed by atoms with Crippen LogP contribution in [0, 0.1) is 0 Å². The molecule has 0 N–H and O–H groups in total. The molecule has 4 rings (SSSR count). The number of halogens is 3. The number of nitrogens with zero attached hydrogens (tertiary/aromatic N) is 4. The zero-order valence-electron chi connectivity index (χ0n) is 19.6. The predicted molar refractivity (Wildman–Crippen MR) is 146 cm³/mol. The Morgan fingerprint density at radius 3 is 2.33 bits per heavy atom. The van der Waals surface area contributed by atoms with E-state index in [0.717, 1.165) is 10.2 Å². The highest BCUT2D eigenvalue weighted by molar-refractivity contribution is 9.10. The molecule has 3 aromatic rings. The molecule has 1 aliphatic rings. The van der Waals surface area contributed by atoms with Gasteiger partial charge in [-0.05, 0) is 59.3 Å². The first-order valence-electron chi connectivity index (χ1n) is 11.4. The summed E-state index contributed by atoms with van der Waals surface area (Å²) in [6, 6.07) is 15.3. The van der Waals surface area contributed by atoms with E-state index in [0.29, 0.717) is 38.4 Å². The van der Waals surface area contributed by atoms with E-state index in [2.05, 4.69) is 25.8 Å². The van der Waals surface area contributed by atoms with E-state index in [1.807, 2.05) is 18.2 Å². The lowest BCUT2D eigenvalue weighted by Crippen LogP contribution is -2.48. The molecule has 1 aliphatic heterocycles. The number of hydrogen-bond donors (Lipinski definition) is 0. The molecule has 1 saturated heterocycles. The molecule has 1 fully saturated rings. The highest BCUT2D eigenvalue weighted by Gasteiger charge is 2.30. The summed E-state index contributed by atoms with van der Waals surface area (Å²) in [4.78, 5) is 21.5. The minimum atomic E-state index is -4.03. The van der Waals surface area contributed by atoms with Gasteiger partial charge in [-0.25, -0.2) is 8.42 Å². The highest BCUT2D eigenvalue weighted by atomic mass is 79.9. The van der Waals surface area contributed by atoms with Gasteiger partial charge < -0.3 is 4.90 Å². The number of aromatic nitrogens is 1. The standard InChI is InChI=1S/C25H25BrCl2N4O3S/c1-2-32(20-6-4-3-5-7-20)36(34,35)24-14-21(22(27)15-23(24)28)25(33)31-12-10-30(11-13-31)17-19-9-8-18(26)16-29-19/h3-9,14-16H,2,10-13,17H2,1H3. The number of piperazine rings is 1. The summed E-state index contributed by atoms with van der Waals surface area (Å²) in [6.07, 6.45) is 1.76. The molecule has 0 aliphatic carbocycles. The molecular formula is C25H25BrCl2N4O3S. The van der Waals surface area contributed by atoms with Gasteiger partial charge in [0.1, 0.15) is 4.90 Å². The van der Waals surface area contributed by atoms with E-state index in [1.54, 1.807) is 42.3 Å². The van der Waals surface area contributed by atoms with Gasteiger partial charge >= 0.3 is 0 Å². The fourth-order valence-corrected chi connectivity index (χ4v) is 6.64. The van der Waals surface area contributed by atoms with Crippen molar-refractivity contribution in [3.63, 3.8) is 0 Å². The quantitative estimate of drug-likeness (QED) is 0.361. The van der Waals surface area contributed by atoms with Gasteiger partial charge in [0.05, 0.1) is 27.0 Å². The first kappa shape index (κ1) is 26.9. The number of amides is 1. The number of anilines is 1. The maximum Gasteiger partial charge on any atom is 0.265 e. The lowest BCUT2D eigenvalue weighted by atomic mass is 10.1. The molecule has 36 heavy (non-hydrogen) atoms. The number of carbonyl (C=O) groups is 1. The first-order chi connectivity index (χ1) is 17.2. The Kier molecular flexibility index (Phi) is 8.57. The van der Waals surface area contributed by atoms with E-state index in [1.165, 1.54) is 16.4 Å². The Morgan fingerprint density at radius 2 is 1.72 bits per heavy atom. The maximum absolute atomic E-state index is 13.5. The molecule has 11 heteroatoms. The van der Waals surface area contributed by atoms with Gasteiger partial charge in [0.2, 0.25) is 0 Å². The number of para-hydroxylation sites is 1. The minimum Gasteiger partial charge on any atom is -0.336 e. The Hall–Kier alpha value is -2.17. The van der Waals surface area contributed by atoms with Crippen LogP contribution in [0.1, 0.15) is 23.0 Å². The number of carbonyl (C=O) groups excluding carboxylic acids is 1. The largest absolute Gasteiger partial charge is 0.336 e. The van der Waals surface area contributed by atoms with Crippen LogP contribution < -0.4 is 4.31 Å². The number of rotatable bonds is 7. The highest BCUT2D eigenvalue weighted by Crippen LogP contribution is 2.33. The van der Waals surface area contributed by atoms with Crippen LogP contribution in [0.25, 0.3) is 0 Å². The molecule has 0 spiro atoms. The Labute approximate surface area is 229 Å². The molecule has 190 valence electrons. The summed E-state index contributed by atoms with van der Waals surface area (Å²) >= 11 is 16.1. The summed E-state index contributed by atoms with van der Waals surface area (Å²) in [5.41, 5.74) is 1.58. The average Bonchev–Trinajstić information content (AvgIpc) is 2.86. The van der Waals surface area contributed by atoms with Crippen molar-refractivity contribution < 1.29 is 13.2 Å². The fourth-order valence-electron chi connectivity index (χ4n) is 4.10. The molecule has 0 saturated carbocycles. The normalized spacial score (nSPS) is 14.6. The lowest BCUT2D eigenvalue weighted by Gasteiger charge is -2.34. The first-order valence-corrected chi connectivity index (χ1v) is 14.4. The van der Waals surface area contributed by atoms with Crippen LogP contribution in [-0.4, -0.2) is 61.8 Å². The molecule has 7 nitrogen and oxygen atoms in total. The number of hydrogen-bond acceptors (Lipinski definition) is 5. The van der Waals surface area contributed by atoms with E-state index < -0.39 is 10.0 Å². The van der Waals surface area contributed by atoms with Crippen molar-refractivity contribution in [2.24, 2.45) is 0 Å². The second-order valence-corrected chi connectivity index (χ2v) is 11.9. The predicted octanol–water partition coefficient (Wildman–Crippen LogP) is 5.32. The zero-order chi connectivity index (χ0) is 25.9. The zero-order valence-corrected chi connectivity index (χ0v) is 23.5. The van der Waals surface area contributed by atoms with E-state index >= 15 is 0 Å². The van der Waals surface area contributed by atoms with Gasteiger partial charge in [0.25, 0.3) is 15.9 Å². The van der Waals surface area contributed by atoms with Crippen molar-refractivity contribution in [1.29, 1.82) is 0 Å². The van der Waals surface area contributed by atoms with Crippen molar-refractivity contribution in [1.82, 2.24) is 14.8 Å². The number of pyridine rings is 1. The summed E-state index contributed by atoms with van der Waals surface area (Å²) in [6.45, 7) is 4.93.